The van der Waals surface area contributed by atoms with Gasteiger partial charge in [0.25, 0.3) is 0 Å². The zero-order valence-electron chi connectivity index (χ0n) is 20.7. The zero-order chi connectivity index (χ0) is 25.3. The Morgan fingerprint density at radius 2 is 1.19 bits per heavy atom. The van der Waals surface area contributed by atoms with Crippen molar-refractivity contribution in [3.05, 3.63) is 71.0 Å². The van der Waals surface area contributed by atoms with E-state index in [4.69, 9.17) is 0 Å². The minimum absolute atomic E-state index is 0.176. The third kappa shape index (κ3) is 5.89. The number of hydrogen-bond donors (Lipinski definition) is 4. The lowest BCUT2D eigenvalue weighted by Gasteiger charge is -2.01. The van der Waals surface area contributed by atoms with Crippen LogP contribution in [0.15, 0.2) is 59.0 Å². The first-order valence-electron chi connectivity index (χ1n) is 12.4. The van der Waals surface area contributed by atoms with Crippen molar-refractivity contribution in [3.63, 3.8) is 0 Å². The van der Waals surface area contributed by atoms with Gasteiger partial charge in [-0.2, -0.15) is 10.2 Å². The molecule has 8 nitrogen and oxygen atoms in total. The number of hydrogen-bond acceptors (Lipinski definition) is 4. The summed E-state index contributed by atoms with van der Waals surface area (Å²) in [6.45, 7) is 4.24. The summed E-state index contributed by atoms with van der Waals surface area (Å²) in [5.74, 6) is -0.353. The van der Waals surface area contributed by atoms with Crippen molar-refractivity contribution in [3.8, 4) is 0 Å². The predicted molar refractivity (Wildman–Crippen MR) is 145 cm³/mol. The maximum Gasteiger partial charge on any atom is 0.240 e. The number of rotatable bonds is 11. The Morgan fingerprint density at radius 3 is 1.61 bits per heavy atom. The van der Waals surface area contributed by atoms with E-state index in [-0.39, 0.29) is 11.8 Å². The first-order valence-corrected chi connectivity index (χ1v) is 12.4. The van der Waals surface area contributed by atoms with Gasteiger partial charge in [0.2, 0.25) is 11.8 Å². The maximum absolute atomic E-state index is 12.1. The number of unbranched alkanes of at least 4 members (excludes halogenated alkanes) is 1. The number of H-pyrrole nitrogens is 2. The van der Waals surface area contributed by atoms with Crippen LogP contribution in [0.25, 0.3) is 21.8 Å². The van der Waals surface area contributed by atoms with E-state index in [9.17, 15) is 9.59 Å². The van der Waals surface area contributed by atoms with Gasteiger partial charge in [0, 0.05) is 58.2 Å². The van der Waals surface area contributed by atoms with Gasteiger partial charge in [0.15, 0.2) is 0 Å². The molecule has 0 unspecified atom stereocenters. The van der Waals surface area contributed by atoms with E-state index < -0.39 is 0 Å². The Morgan fingerprint density at radius 1 is 0.750 bits per heavy atom. The lowest BCUT2D eigenvalue weighted by atomic mass is 10.1. The van der Waals surface area contributed by atoms with Gasteiger partial charge in [-0.3, -0.25) is 9.59 Å². The zero-order valence-corrected chi connectivity index (χ0v) is 20.7. The van der Waals surface area contributed by atoms with Crippen LogP contribution < -0.4 is 10.9 Å². The van der Waals surface area contributed by atoms with E-state index in [1.54, 1.807) is 12.4 Å². The van der Waals surface area contributed by atoms with Crippen molar-refractivity contribution in [2.24, 2.45) is 10.2 Å². The Balaban J connectivity index is 1.16. The molecule has 0 bridgehead atoms. The first kappa shape index (κ1) is 24.9. The minimum Gasteiger partial charge on any atom is -0.360 e. The quantitative estimate of drug-likeness (QED) is 0.137. The summed E-state index contributed by atoms with van der Waals surface area (Å²) in [5.41, 5.74) is 11.7. The molecule has 36 heavy (non-hydrogen) atoms. The number of carbonyl (C=O) groups is 2. The summed E-state index contributed by atoms with van der Waals surface area (Å²) in [5, 5.41) is 10.3. The Hall–Kier alpha value is -4.20. The Bertz CT molecular complexity index is 1300. The molecule has 8 heteroatoms. The number of nitrogens with one attached hydrogen (secondary N) is 4. The van der Waals surface area contributed by atoms with Crippen LogP contribution in [0.5, 0.6) is 0 Å². The van der Waals surface area contributed by atoms with Gasteiger partial charge in [-0.1, -0.05) is 50.2 Å². The molecule has 186 valence electrons. The summed E-state index contributed by atoms with van der Waals surface area (Å²) in [4.78, 5) is 30.7. The van der Waals surface area contributed by atoms with Crippen LogP contribution >= 0.6 is 0 Å². The molecule has 2 heterocycles. The number of aryl methyl sites for hydroxylation is 2. The molecule has 2 aromatic carbocycles. The van der Waals surface area contributed by atoms with Crippen molar-refractivity contribution < 1.29 is 9.59 Å². The second kappa shape index (κ2) is 12.0. The molecule has 2 aromatic heterocycles. The summed E-state index contributed by atoms with van der Waals surface area (Å²) >= 11 is 0. The molecule has 2 amide bonds. The van der Waals surface area contributed by atoms with Crippen LogP contribution in [0.4, 0.5) is 0 Å². The van der Waals surface area contributed by atoms with Crippen LogP contribution in [-0.4, -0.2) is 34.2 Å². The molecular formula is C28H32N6O2. The summed E-state index contributed by atoms with van der Waals surface area (Å²) < 4.78 is 0. The van der Waals surface area contributed by atoms with E-state index in [1.807, 2.05) is 36.7 Å². The topological polar surface area (TPSA) is 114 Å². The highest BCUT2D eigenvalue weighted by atomic mass is 16.2. The van der Waals surface area contributed by atoms with Gasteiger partial charge in [-0.15, -0.1) is 0 Å². The second-order valence-electron chi connectivity index (χ2n) is 8.67. The number of amides is 2. The van der Waals surface area contributed by atoms with E-state index in [1.165, 1.54) is 11.1 Å². The third-order valence-corrected chi connectivity index (χ3v) is 6.27. The van der Waals surface area contributed by atoms with E-state index in [2.05, 4.69) is 57.0 Å². The molecule has 4 aromatic rings. The number of carbonyl (C=O) groups excluding carboxylic acids is 2. The van der Waals surface area contributed by atoms with Gasteiger partial charge < -0.3 is 9.97 Å². The van der Waals surface area contributed by atoms with Crippen molar-refractivity contribution in [1.29, 1.82) is 0 Å². The van der Waals surface area contributed by atoms with Crippen LogP contribution in [0, 0.1) is 0 Å². The largest absolute Gasteiger partial charge is 0.360 e. The minimum atomic E-state index is -0.176. The standard InChI is InChI=1S/C28H32N6O2/c1-3-19-9-7-11-23-21(15-29-27(19)23)17-31-33-25(35)13-5-6-14-26(36)34-32-18-22-16-30-28-20(4-2)10-8-12-24(22)28/h7-12,15-18,29-30H,3-6,13-14H2,1-2H3,(H,33,35)(H,34,36). The number of aromatic amines is 2. The molecule has 0 atom stereocenters. The number of nitrogens with zero attached hydrogens (tertiary/aromatic N) is 2. The van der Waals surface area contributed by atoms with Crippen LogP contribution in [0.2, 0.25) is 0 Å². The molecule has 0 saturated heterocycles. The van der Waals surface area contributed by atoms with Gasteiger partial charge >= 0.3 is 0 Å². The number of fused-ring (bicyclic) bond motifs is 2. The molecule has 0 fully saturated rings. The van der Waals surface area contributed by atoms with Gasteiger partial charge in [-0.05, 0) is 36.8 Å². The third-order valence-electron chi connectivity index (χ3n) is 6.27. The fourth-order valence-corrected chi connectivity index (χ4v) is 4.31. The summed E-state index contributed by atoms with van der Waals surface area (Å²) in [7, 11) is 0. The van der Waals surface area contributed by atoms with Crippen molar-refractivity contribution in [2.75, 3.05) is 0 Å². The molecule has 0 spiro atoms. The highest BCUT2D eigenvalue weighted by Gasteiger charge is 2.07. The van der Waals surface area contributed by atoms with Crippen molar-refractivity contribution in [2.45, 2.75) is 52.4 Å². The monoisotopic (exact) mass is 484 g/mol. The number of para-hydroxylation sites is 2. The smallest absolute Gasteiger partial charge is 0.240 e. The predicted octanol–water partition coefficient (Wildman–Crippen LogP) is 4.93. The van der Waals surface area contributed by atoms with E-state index in [0.29, 0.717) is 25.7 Å². The van der Waals surface area contributed by atoms with Crippen molar-refractivity contribution in [1.82, 2.24) is 20.8 Å². The summed E-state index contributed by atoms with van der Waals surface area (Å²) in [6, 6.07) is 12.3. The summed E-state index contributed by atoms with van der Waals surface area (Å²) in [6.07, 6.45) is 10.8. The highest BCUT2D eigenvalue weighted by Crippen LogP contribution is 2.22. The molecule has 0 saturated carbocycles. The SMILES string of the molecule is CCc1cccc2c(C=NNC(=O)CCCCC(=O)NN=Cc3c[nH]c4c(CC)cccc34)c[nH]c12. The van der Waals surface area contributed by atoms with Gasteiger partial charge in [0.1, 0.15) is 0 Å². The fraction of sp³-hybridized carbons (Fsp3) is 0.286. The molecule has 4 rings (SSSR count). The van der Waals surface area contributed by atoms with E-state index in [0.717, 1.165) is 45.8 Å². The average Bonchev–Trinajstić information content (AvgIpc) is 3.51. The lowest BCUT2D eigenvalue weighted by molar-refractivity contribution is -0.123. The fourth-order valence-electron chi connectivity index (χ4n) is 4.31. The normalized spacial score (nSPS) is 11.7. The number of aromatic nitrogens is 2. The number of benzene rings is 2. The van der Waals surface area contributed by atoms with Crippen LogP contribution in [0.3, 0.4) is 0 Å². The Kier molecular flexibility index (Phi) is 8.28. The molecule has 0 aliphatic carbocycles. The van der Waals surface area contributed by atoms with E-state index >= 15 is 0 Å². The number of hydrazone groups is 2. The molecule has 0 aliphatic heterocycles. The van der Waals surface area contributed by atoms with Crippen LogP contribution in [-0.2, 0) is 22.4 Å². The van der Waals surface area contributed by atoms with Crippen molar-refractivity contribution >= 4 is 46.0 Å². The second-order valence-corrected chi connectivity index (χ2v) is 8.67. The molecule has 0 aliphatic rings. The molecule has 4 N–H and O–H groups in total. The Labute approximate surface area is 210 Å². The average molecular weight is 485 g/mol. The lowest BCUT2D eigenvalue weighted by Crippen LogP contribution is -2.18. The highest BCUT2D eigenvalue weighted by molar-refractivity contribution is 6.01. The molecule has 0 radical (unpaired) electrons. The van der Waals surface area contributed by atoms with Gasteiger partial charge in [-0.25, -0.2) is 10.9 Å². The van der Waals surface area contributed by atoms with Gasteiger partial charge in [0.05, 0.1) is 12.4 Å². The molecular weight excluding hydrogens is 452 g/mol. The van der Waals surface area contributed by atoms with Crippen LogP contribution in [0.1, 0.15) is 61.8 Å². The first-order chi connectivity index (χ1) is 17.6. The maximum atomic E-state index is 12.1.